The molecule has 1 saturated carbocycles. The van der Waals surface area contributed by atoms with Gasteiger partial charge in [-0.1, -0.05) is 73.9 Å². The molecule has 2 aliphatic rings. The zero-order valence-electron chi connectivity index (χ0n) is 16.8. The zero-order chi connectivity index (χ0) is 20.5. The van der Waals surface area contributed by atoms with Gasteiger partial charge in [0.1, 0.15) is 5.92 Å². The van der Waals surface area contributed by atoms with E-state index < -0.39 is 5.92 Å². The molecule has 0 bridgehead atoms. The molecule has 150 valence electrons. The van der Waals surface area contributed by atoms with Gasteiger partial charge in [-0.2, -0.15) is 5.26 Å². The van der Waals surface area contributed by atoms with E-state index in [9.17, 15) is 5.26 Å². The molecule has 2 heterocycles. The van der Waals surface area contributed by atoms with E-state index >= 15 is 0 Å². The second kappa shape index (κ2) is 7.79. The summed E-state index contributed by atoms with van der Waals surface area (Å²) in [5.74, 6) is 0.267. The maximum atomic E-state index is 9.85. The second-order valence-corrected chi connectivity index (χ2v) is 8.26. The molecule has 5 nitrogen and oxygen atoms in total. The molecule has 0 amide bonds. The highest BCUT2D eigenvalue weighted by Crippen LogP contribution is 2.49. The summed E-state index contributed by atoms with van der Waals surface area (Å²) >= 11 is 0. The van der Waals surface area contributed by atoms with Crippen LogP contribution in [0.2, 0.25) is 0 Å². The summed E-state index contributed by atoms with van der Waals surface area (Å²) in [6.07, 6.45) is 5.80. The number of aromatic nitrogens is 2. The van der Waals surface area contributed by atoms with Crippen LogP contribution >= 0.6 is 0 Å². The number of benzene rings is 2. The van der Waals surface area contributed by atoms with Crippen LogP contribution in [0.4, 0.5) is 0 Å². The van der Waals surface area contributed by atoms with E-state index in [-0.39, 0.29) is 11.8 Å². The first-order chi connectivity index (χ1) is 14.8. The fraction of sp³-hybridized carbons (Fsp3) is 0.320. The third-order valence-corrected chi connectivity index (χ3v) is 6.53. The van der Waals surface area contributed by atoms with Gasteiger partial charge in [0.15, 0.2) is 0 Å². The molecule has 0 spiro atoms. The molecule has 3 aromatic rings. The van der Waals surface area contributed by atoms with Gasteiger partial charge < -0.3 is 4.74 Å². The number of nitrogens with one attached hydrogen (secondary N) is 2. The van der Waals surface area contributed by atoms with Crippen molar-refractivity contribution in [3.63, 3.8) is 0 Å². The number of aromatic amines is 1. The Morgan fingerprint density at radius 1 is 0.933 bits per heavy atom. The van der Waals surface area contributed by atoms with Gasteiger partial charge in [0, 0.05) is 17.0 Å². The first kappa shape index (κ1) is 18.6. The van der Waals surface area contributed by atoms with Crippen molar-refractivity contribution in [1.29, 1.82) is 10.7 Å². The number of hydrogen-bond donors (Lipinski definition) is 2. The van der Waals surface area contributed by atoms with Crippen molar-refractivity contribution < 1.29 is 4.74 Å². The van der Waals surface area contributed by atoms with Crippen LogP contribution in [0.15, 0.2) is 54.6 Å². The summed E-state index contributed by atoms with van der Waals surface area (Å²) in [7, 11) is 0. The summed E-state index contributed by atoms with van der Waals surface area (Å²) in [5.41, 5.74) is 5.24. The first-order valence-electron chi connectivity index (χ1n) is 10.7. The maximum absolute atomic E-state index is 9.85. The van der Waals surface area contributed by atoms with E-state index in [4.69, 9.17) is 10.1 Å². The Hall–Kier alpha value is -3.39. The highest BCUT2D eigenvalue weighted by Gasteiger charge is 2.43. The van der Waals surface area contributed by atoms with Crippen LogP contribution < -0.4 is 4.74 Å². The molecule has 5 heteroatoms. The molecular weight excluding hydrogens is 372 g/mol. The second-order valence-electron chi connectivity index (χ2n) is 8.26. The summed E-state index contributed by atoms with van der Waals surface area (Å²) in [6.45, 7) is 0. The predicted molar refractivity (Wildman–Crippen MR) is 116 cm³/mol. The van der Waals surface area contributed by atoms with Gasteiger partial charge in [-0.05, 0) is 29.9 Å². The van der Waals surface area contributed by atoms with Crippen LogP contribution in [0.3, 0.4) is 0 Å². The lowest BCUT2D eigenvalue weighted by molar-refractivity contribution is 0.265. The average Bonchev–Trinajstić information content (AvgIpc) is 3.22. The van der Waals surface area contributed by atoms with Crippen molar-refractivity contribution in [2.24, 2.45) is 11.8 Å². The van der Waals surface area contributed by atoms with Crippen molar-refractivity contribution in [2.75, 3.05) is 0 Å². The summed E-state index contributed by atoms with van der Waals surface area (Å²) in [5, 5.41) is 25.6. The Morgan fingerprint density at radius 3 is 2.30 bits per heavy atom. The topological polar surface area (TPSA) is 85.6 Å². The molecular formula is C25H24N4O. The molecule has 0 radical (unpaired) electrons. The largest absolute Gasteiger partial charge is 0.422 e. The third-order valence-electron chi connectivity index (χ3n) is 6.53. The van der Waals surface area contributed by atoms with Crippen LogP contribution in [0.25, 0.3) is 22.4 Å². The van der Waals surface area contributed by atoms with Gasteiger partial charge in [-0.25, -0.2) is 0 Å². The molecule has 5 rings (SSSR count). The average molecular weight is 396 g/mol. The van der Waals surface area contributed by atoms with E-state index in [0.29, 0.717) is 11.8 Å². The molecule has 2 aromatic carbocycles. The van der Waals surface area contributed by atoms with E-state index in [1.807, 2.05) is 18.2 Å². The van der Waals surface area contributed by atoms with Gasteiger partial charge in [0.05, 0.1) is 11.8 Å². The van der Waals surface area contributed by atoms with Gasteiger partial charge >= 0.3 is 0 Å². The molecule has 1 fully saturated rings. The number of nitriles is 1. The van der Waals surface area contributed by atoms with Crippen molar-refractivity contribution in [2.45, 2.75) is 38.0 Å². The number of H-pyrrole nitrogens is 1. The Labute approximate surface area is 176 Å². The van der Waals surface area contributed by atoms with Crippen LogP contribution in [0.5, 0.6) is 5.88 Å². The zero-order valence-corrected chi connectivity index (χ0v) is 16.8. The number of rotatable bonds is 3. The monoisotopic (exact) mass is 396 g/mol. The van der Waals surface area contributed by atoms with Crippen molar-refractivity contribution >= 4 is 5.90 Å². The summed E-state index contributed by atoms with van der Waals surface area (Å²) in [6, 6.07) is 21.1. The fourth-order valence-electron chi connectivity index (χ4n) is 5.04. The number of hydrogen-bond acceptors (Lipinski definition) is 4. The summed E-state index contributed by atoms with van der Waals surface area (Å²) in [4.78, 5) is 0. The molecule has 1 aliphatic carbocycles. The van der Waals surface area contributed by atoms with Crippen LogP contribution in [0, 0.1) is 28.6 Å². The SMILES string of the molecule is N#CC1C(=N)Oc2n[nH]c(-c3ccc(-c4ccccc4)cc3)c2C1C1CCCCC1. The van der Waals surface area contributed by atoms with Crippen LogP contribution in [-0.4, -0.2) is 16.1 Å². The smallest absolute Gasteiger partial charge is 0.243 e. The Morgan fingerprint density at radius 2 is 1.60 bits per heavy atom. The maximum Gasteiger partial charge on any atom is 0.243 e. The molecule has 2 atom stereocenters. The van der Waals surface area contributed by atoms with Crippen LogP contribution in [-0.2, 0) is 0 Å². The van der Waals surface area contributed by atoms with E-state index in [0.717, 1.165) is 35.2 Å². The predicted octanol–water partition coefficient (Wildman–Crippen LogP) is 5.92. The number of nitrogens with zero attached hydrogens (tertiary/aromatic N) is 2. The normalized spacial score (nSPS) is 21.5. The molecule has 2 N–H and O–H groups in total. The Bertz CT molecular complexity index is 1090. The van der Waals surface area contributed by atoms with Gasteiger partial charge in [0.2, 0.25) is 11.8 Å². The molecule has 2 unspecified atom stereocenters. The molecule has 30 heavy (non-hydrogen) atoms. The third kappa shape index (κ3) is 3.19. The highest BCUT2D eigenvalue weighted by atomic mass is 16.5. The van der Waals surface area contributed by atoms with E-state index in [2.05, 4.69) is 52.7 Å². The fourth-order valence-corrected chi connectivity index (χ4v) is 5.04. The standard InChI is InChI=1S/C25H24N4O/c26-15-20-21(18-9-5-2-6-10-18)22-23(28-29-25(22)30-24(20)27)19-13-11-17(12-14-19)16-7-3-1-4-8-16/h1,3-4,7-8,11-14,18,20-21,27H,2,5-6,9-10H2,(H,28,29). The lowest BCUT2D eigenvalue weighted by Gasteiger charge is -2.35. The van der Waals surface area contributed by atoms with Crippen molar-refractivity contribution in [3.8, 4) is 34.3 Å². The van der Waals surface area contributed by atoms with Gasteiger partial charge in [-0.3, -0.25) is 10.5 Å². The van der Waals surface area contributed by atoms with Gasteiger partial charge in [-0.15, -0.1) is 5.10 Å². The van der Waals surface area contributed by atoms with Crippen molar-refractivity contribution in [3.05, 3.63) is 60.2 Å². The number of fused-ring (bicyclic) bond motifs is 1. The molecule has 1 aromatic heterocycles. The number of ether oxygens (including phenoxy) is 1. The minimum atomic E-state index is -0.555. The Kier molecular flexibility index (Phi) is 4.84. The Balaban J connectivity index is 1.56. The van der Waals surface area contributed by atoms with Crippen molar-refractivity contribution in [1.82, 2.24) is 10.2 Å². The van der Waals surface area contributed by atoms with E-state index in [1.54, 1.807) is 0 Å². The minimum Gasteiger partial charge on any atom is -0.422 e. The molecule has 1 aliphatic heterocycles. The van der Waals surface area contributed by atoms with E-state index in [1.165, 1.54) is 24.8 Å². The summed E-state index contributed by atoms with van der Waals surface area (Å²) < 4.78 is 5.67. The van der Waals surface area contributed by atoms with Crippen LogP contribution in [0.1, 0.15) is 43.6 Å². The minimum absolute atomic E-state index is 0.0260. The highest BCUT2D eigenvalue weighted by molar-refractivity contribution is 5.85. The lowest BCUT2D eigenvalue weighted by atomic mass is 9.70. The molecule has 0 saturated heterocycles. The first-order valence-corrected chi connectivity index (χ1v) is 10.7. The van der Waals surface area contributed by atoms with Gasteiger partial charge in [0.25, 0.3) is 0 Å². The quantitative estimate of drug-likeness (QED) is 0.576. The lowest BCUT2D eigenvalue weighted by Crippen LogP contribution is -2.35.